The van der Waals surface area contributed by atoms with Gasteiger partial charge < -0.3 is 0 Å². The second kappa shape index (κ2) is 5.93. The number of nitrogens with one attached hydrogen (secondary N) is 1. The van der Waals surface area contributed by atoms with E-state index >= 15 is 0 Å². The van der Waals surface area contributed by atoms with Crippen molar-refractivity contribution in [2.45, 2.75) is 6.92 Å². The predicted octanol–water partition coefficient (Wildman–Crippen LogP) is 3.87. The Bertz CT molecular complexity index is 592. The molecule has 1 aromatic carbocycles. The van der Waals surface area contributed by atoms with Gasteiger partial charge in [0, 0.05) is 15.9 Å². The van der Waals surface area contributed by atoms with E-state index in [1.807, 2.05) is 36.6 Å². The van der Waals surface area contributed by atoms with Crippen molar-refractivity contribution in [3.05, 3.63) is 51.5 Å². The first-order chi connectivity index (χ1) is 8.63. The van der Waals surface area contributed by atoms with Crippen LogP contribution in [0.25, 0.3) is 6.08 Å². The Labute approximate surface area is 118 Å². The maximum absolute atomic E-state index is 11.6. The molecule has 0 atom stereocenters. The molecule has 0 aliphatic carbocycles. The minimum absolute atomic E-state index is 0.177. The zero-order valence-electron chi connectivity index (χ0n) is 9.68. The number of carbonyl (C=O) groups is 1. The Morgan fingerprint density at radius 2 is 2.33 bits per heavy atom. The summed E-state index contributed by atoms with van der Waals surface area (Å²) in [4.78, 5) is 15.8. The molecule has 0 unspecified atom stereocenters. The number of anilines is 1. The molecule has 1 aromatic heterocycles. The third-order valence-electron chi connectivity index (χ3n) is 2.12. The van der Waals surface area contributed by atoms with Gasteiger partial charge in [-0.3, -0.25) is 10.1 Å². The molecule has 0 aliphatic heterocycles. The fourth-order valence-corrected chi connectivity index (χ4v) is 2.45. The molecular weight excluding hydrogens is 312 g/mol. The van der Waals surface area contributed by atoms with Gasteiger partial charge >= 0.3 is 0 Å². The van der Waals surface area contributed by atoms with E-state index < -0.39 is 0 Å². The van der Waals surface area contributed by atoms with Crippen molar-refractivity contribution < 1.29 is 4.79 Å². The minimum atomic E-state index is -0.177. The van der Waals surface area contributed by atoms with Gasteiger partial charge in [0.15, 0.2) is 5.13 Å². The molecule has 0 bridgehead atoms. The molecule has 92 valence electrons. The smallest absolute Gasteiger partial charge is 0.250 e. The maximum Gasteiger partial charge on any atom is 0.250 e. The standard InChI is InChI=1S/C13H11BrN2OS/c1-9-8-18-13(15-9)16-12(17)6-5-10-3-2-4-11(14)7-10/h2-8H,1H3,(H,15,16,17). The molecule has 18 heavy (non-hydrogen) atoms. The monoisotopic (exact) mass is 322 g/mol. The lowest BCUT2D eigenvalue weighted by molar-refractivity contribution is -0.111. The first-order valence-corrected chi connectivity index (χ1v) is 6.97. The molecule has 1 N–H and O–H groups in total. The van der Waals surface area contributed by atoms with Gasteiger partial charge in [0.2, 0.25) is 5.91 Å². The molecule has 5 heteroatoms. The van der Waals surface area contributed by atoms with E-state index in [0.29, 0.717) is 5.13 Å². The summed E-state index contributed by atoms with van der Waals surface area (Å²) in [5, 5.41) is 5.24. The molecule has 0 saturated carbocycles. The Balaban J connectivity index is 1.99. The predicted molar refractivity (Wildman–Crippen MR) is 78.7 cm³/mol. The number of benzene rings is 1. The van der Waals surface area contributed by atoms with Crippen LogP contribution in [-0.2, 0) is 4.79 Å². The molecule has 0 saturated heterocycles. The molecular formula is C13H11BrN2OS. The summed E-state index contributed by atoms with van der Waals surface area (Å²) in [7, 11) is 0. The maximum atomic E-state index is 11.6. The zero-order valence-corrected chi connectivity index (χ0v) is 12.1. The van der Waals surface area contributed by atoms with E-state index in [2.05, 4.69) is 26.2 Å². The van der Waals surface area contributed by atoms with Crippen LogP contribution in [0.3, 0.4) is 0 Å². The quantitative estimate of drug-likeness (QED) is 0.872. The number of nitrogens with zero attached hydrogens (tertiary/aromatic N) is 1. The number of amides is 1. The third-order valence-corrected chi connectivity index (χ3v) is 3.49. The molecule has 2 rings (SSSR count). The molecule has 0 fully saturated rings. The topological polar surface area (TPSA) is 42.0 Å². The second-order valence-electron chi connectivity index (χ2n) is 3.67. The van der Waals surface area contributed by atoms with E-state index in [1.165, 1.54) is 17.4 Å². The number of thiazole rings is 1. The van der Waals surface area contributed by atoms with Crippen LogP contribution in [0, 0.1) is 6.92 Å². The number of aryl methyl sites for hydroxylation is 1. The molecule has 2 aromatic rings. The van der Waals surface area contributed by atoms with E-state index in [4.69, 9.17) is 0 Å². The third kappa shape index (κ3) is 3.78. The first kappa shape index (κ1) is 13.0. The number of carbonyl (C=O) groups excluding carboxylic acids is 1. The summed E-state index contributed by atoms with van der Waals surface area (Å²) in [6.07, 6.45) is 3.26. The second-order valence-corrected chi connectivity index (χ2v) is 5.45. The van der Waals surface area contributed by atoms with Crippen LogP contribution in [-0.4, -0.2) is 10.9 Å². The molecule has 0 radical (unpaired) electrons. The Hall–Kier alpha value is -1.46. The highest BCUT2D eigenvalue weighted by atomic mass is 79.9. The number of aromatic nitrogens is 1. The largest absolute Gasteiger partial charge is 0.298 e. The van der Waals surface area contributed by atoms with Crippen molar-refractivity contribution in [2.24, 2.45) is 0 Å². The van der Waals surface area contributed by atoms with Crippen molar-refractivity contribution in [1.29, 1.82) is 0 Å². The van der Waals surface area contributed by atoms with Crippen LogP contribution in [0.4, 0.5) is 5.13 Å². The van der Waals surface area contributed by atoms with E-state index in [-0.39, 0.29) is 5.91 Å². The molecule has 0 aliphatic rings. The van der Waals surface area contributed by atoms with E-state index in [0.717, 1.165) is 15.7 Å². The van der Waals surface area contributed by atoms with Crippen LogP contribution >= 0.6 is 27.3 Å². The van der Waals surface area contributed by atoms with Gasteiger partial charge in [-0.05, 0) is 30.7 Å². The van der Waals surface area contributed by atoms with Crippen molar-refractivity contribution in [2.75, 3.05) is 5.32 Å². The zero-order chi connectivity index (χ0) is 13.0. The lowest BCUT2D eigenvalue weighted by atomic mass is 10.2. The highest BCUT2D eigenvalue weighted by Gasteiger charge is 2.01. The van der Waals surface area contributed by atoms with Crippen LogP contribution in [0.5, 0.6) is 0 Å². The minimum Gasteiger partial charge on any atom is -0.298 e. The van der Waals surface area contributed by atoms with Gasteiger partial charge in [-0.2, -0.15) is 0 Å². The van der Waals surface area contributed by atoms with Gasteiger partial charge in [0.1, 0.15) is 0 Å². The number of hydrogen-bond acceptors (Lipinski definition) is 3. The number of rotatable bonds is 3. The van der Waals surface area contributed by atoms with Gasteiger partial charge in [0.05, 0.1) is 5.69 Å². The SMILES string of the molecule is Cc1csc(NC(=O)C=Cc2cccc(Br)c2)n1. The van der Waals surface area contributed by atoms with Crippen LogP contribution in [0.15, 0.2) is 40.2 Å². The van der Waals surface area contributed by atoms with Crippen molar-refractivity contribution in [3.8, 4) is 0 Å². The van der Waals surface area contributed by atoms with Crippen molar-refractivity contribution in [3.63, 3.8) is 0 Å². The summed E-state index contributed by atoms with van der Waals surface area (Å²) >= 11 is 4.80. The van der Waals surface area contributed by atoms with Gasteiger partial charge in [-0.15, -0.1) is 11.3 Å². The van der Waals surface area contributed by atoms with Crippen molar-refractivity contribution in [1.82, 2.24) is 4.98 Å². The lowest BCUT2D eigenvalue weighted by Gasteiger charge is -1.96. The van der Waals surface area contributed by atoms with Gasteiger partial charge in [0.25, 0.3) is 0 Å². The highest BCUT2D eigenvalue weighted by molar-refractivity contribution is 9.10. The van der Waals surface area contributed by atoms with Gasteiger partial charge in [-0.25, -0.2) is 4.98 Å². The average Bonchev–Trinajstić information content (AvgIpc) is 2.72. The van der Waals surface area contributed by atoms with Crippen molar-refractivity contribution >= 4 is 44.4 Å². The summed E-state index contributed by atoms with van der Waals surface area (Å²) in [5.74, 6) is -0.177. The molecule has 1 amide bonds. The Morgan fingerprint density at radius 1 is 1.50 bits per heavy atom. The number of hydrogen-bond donors (Lipinski definition) is 1. The Morgan fingerprint density at radius 3 is 3.00 bits per heavy atom. The first-order valence-electron chi connectivity index (χ1n) is 5.30. The molecule has 0 spiro atoms. The highest BCUT2D eigenvalue weighted by Crippen LogP contribution is 2.15. The van der Waals surface area contributed by atoms with Crippen LogP contribution in [0.2, 0.25) is 0 Å². The Kier molecular flexibility index (Phi) is 4.28. The molecule has 1 heterocycles. The van der Waals surface area contributed by atoms with Gasteiger partial charge in [-0.1, -0.05) is 28.1 Å². The fraction of sp³-hybridized carbons (Fsp3) is 0.0769. The van der Waals surface area contributed by atoms with Crippen LogP contribution < -0.4 is 5.32 Å². The fourth-order valence-electron chi connectivity index (χ4n) is 1.34. The molecule has 3 nitrogen and oxygen atoms in total. The summed E-state index contributed by atoms with van der Waals surface area (Å²) in [6, 6.07) is 7.74. The average molecular weight is 323 g/mol. The van der Waals surface area contributed by atoms with E-state index in [1.54, 1.807) is 6.08 Å². The number of halogens is 1. The van der Waals surface area contributed by atoms with E-state index in [9.17, 15) is 4.79 Å². The summed E-state index contributed by atoms with van der Waals surface area (Å²) in [6.45, 7) is 1.89. The summed E-state index contributed by atoms with van der Waals surface area (Å²) in [5.41, 5.74) is 1.88. The lowest BCUT2D eigenvalue weighted by Crippen LogP contribution is -2.07. The normalized spacial score (nSPS) is 10.8. The van der Waals surface area contributed by atoms with Crippen LogP contribution in [0.1, 0.15) is 11.3 Å². The summed E-state index contributed by atoms with van der Waals surface area (Å²) < 4.78 is 0.987.